The monoisotopic (exact) mass is 396 g/mol. The summed E-state index contributed by atoms with van der Waals surface area (Å²) in [6, 6.07) is 17.8. The number of benzene rings is 2. The minimum atomic E-state index is 0. The number of methoxy groups -OCH3 is 1. The highest BCUT2D eigenvalue weighted by molar-refractivity contribution is 5.85. The highest BCUT2D eigenvalue weighted by Crippen LogP contribution is 2.44. The van der Waals surface area contributed by atoms with Crippen molar-refractivity contribution in [2.24, 2.45) is 0 Å². The second-order valence-electron chi connectivity index (χ2n) is 7.47. The van der Waals surface area contributed by atoms with E-state index in [1.807, 2.05) is 12.1 Å². The zero-order valence-electron chi connectivity index (χ0n) is 16.2. The summed E-state index contributed by atoms with van der Waals surface area (Å²) in [5, 5.41) is 3.82. The van der Waals surface area contributed by atoms with Crippen LogP contribution in [0.2, 0.25) is 0 Å². The molecule has 1 heterocycles. The maximum Gasteiger partial charge on any atom is 0.118 e. The molecule has 0 radical (unpaired) electrons. The first-order chi connectivity index (χ1) is 11.4. The number of nitrogens with one attached hydrogen (secondary N) is 1. The van der Waals surface area contributed by atoms with E-state index < -0.39 is 0 Å². The van der Waals surface area contributed by atoms with Crippen LogP contribution in [0.15, 0.2) is 48.5 Å². The maximum atomic E-state index is 5.27. The van der Waals surface area contributed by atoms with Gasteiger partial charge in [0.1, 0.15) is 5.75 Å². The normalized spacial score (nSPS) is 20.7. The largest absolute Gasteiger partial charge is 0.497 e. The Hall–Kier alpha value is -1.42. The second kappa shape index (κ2) is 8.98. The molecule has 1 aliphatic rings. The van der Waals surface area contributed by atoms with E-state index in [1.165, 1.54) is 16.8 Å². The minimum Gasteiger partial charge on any atom is -0.497 e. The number of halogens is 2. The fourth-order valence-corrected chi connectivity index (χ4v) is 3.75. The fourth-order valence-electron chi connectivity index (χ4n) is 3.75. The maximum absolute atomic E-state index is 5.27. The highest BCUT2D eigenvalue weighted by atomic mass is 35.5. The second-order valence-corrected chi connectivity index (χ2v) is 7.47. The Labute approximate surface area is 169 Å². The average molecular weight is 397 g/mol. The Morgan fingerprint density at radius 3 is 1.96 bits per heavy atom. The molecule has 0 bridgehead atoms. The van der Waals surface area contributed by atoms with Crippen LogP contribution >= 0.6 is 24.8 Å². The van der Waals surface area contributed by atoms with Gasteiger partial charge in [-0.3, -0.25) is 0 Å². The number of hydrogen-bond acceptors (Lipinski definition) is 3. The van der Waals surface area contributed by atoms with Crippen molar-refractivity contribution in [3.05, 3.63) is 59.7 Å². The molecule has 2 aromatic rings. The summed E-state index contributed by atoms with van der Waals surface area (Å²) >= 11 is 0. The molecule has 1 N–H and O–H groups in total. The van der Waals surface area contributed by atoms with Crippen molar-refractivity contribution in [2.75, 3.05) is 26.1 Å². The Morgan fingerprint density at radius 1 is 0.923 bits per heavy atom. The van der Waals surface area contributed by atoms with Crippen molar-refractivity contribution in [3.8, 4) is 5.75 Å². The summed E-state index contributed by atoms with van der Waals surface area (Å²) in [6.45, 7) is 4.61. The van der Waals surface area contributed by atoms with Crippen LogP contribution in [0.5, 0.6) is 5.75 Å². The van der Waals surface area contributed by atoms with E-state index in [1.54, 1.807) is 7.11 Å². The van der Waals surface area contributed by atoms with Gasteiger partial charge in [-0.05, 0) is 55.7 Å². The summed E-state index contributed by atoms with van der Waals surface area (Å²) in [7, 11) is 5.87. The molecular formula is C21H30Cl2N2O. The molecule has 0 aliphatic carbocycles. The van der Waals surface area contributed by atoms with E-state index in [-0.39, 0.29) is 30.4 Å². The Kier molecular flexibility index (Phi) is 7.82. The van der Waals surface area contributed by atoms with Crippen molar-refractivity contribution < 1.29 is 4.74 Å². The summed E-state index contributed by atoms with van der Waals surface area (Å²) in [5.41, 5.74) is 4.06. The molecule has 0 saturated carbocycles. The van der Waals surface area contributed by atoms with Gasteiger partial charge in [0.05, 0.1) is 7.11 Å². The summed E-state index contributed by atoms with van der Waals surface area (Å²) < 4.78 is 5.27. The smallest absolute Gasteiger partial charge is 0.118 e. The lowest BCUT2D eigenvalue weighted by molar-refractivity contribution is 0.397. The zero-order chi connectivity index (χ0) is 17.3. The third-order valence-electron chi connectivity index (χ3n) is 5.22. The average Bonchev–Trinajstić information content (AvgIpc) is 2.90. The third kappa shape index (κ3) is 4.64. The quantitative estimate of drug-likeness (QED) is 0.767. The van der Waals surface area contributed by atoms with E-state index in [0.29, 0.717) is 12.0 Å². The molecule has 26 heavy (non-hydrogen) atoms. The van der Waals surface area contributed by atoms with Crippen LogP contribution < -0.4 is 15.0 Å². The van der Waals surface area contributed by atoms with Crippen LogP contribution in [0.25, 0.3) is 0 Å². The molecule has 1 aliphatic heterocycles. The molecule has 5 heteroatoms. The van der Waals surface area contributed by atoms with Crippen LogP contribution in [0.1, 0.15) is 43.4 Å². The van der Waals surface area contributed by atoms with Crippen molar-refractivity contribution in [1.82, 2.24) is 5.32 Å². The molecule has 0 amide bonds. The minimum absolute atomic E-state index is 0. The standard InChI is InChI=1S/C21H28N2O.2ClH/c1-21(2)19(15-6-10-17(11-7-15)23(3)4)14-20(22-21)16-8-12-18(24-5)13-9-16;;/h6-13,19-20,22H,14H2,1-5H3;2*1H/t19-,20+;;/m0../s1. The molecule has 0 aromatic heterocycles. The zero-order valence-corrected chi connectivity index (χ0v) is 17.8. The van der Waals surface area contributed by atoms with Crippen molar-refractivity contribution in [1.29, 1.82) is 0 Å². The first kappa shape index (κ1) is 22.6. The molecule has 2 atom stereocenters. The lowest BCUT2D eigenvalue weighted by Crippen LogP contribution is -2.37. The molecule has 144 valence electrons. The Balaban J connectivity index is 0.00000169. The first-order valence-corrected chi connectivity index (χ1v) is 8.59. The highest BCUT2D eigenvalue weighted by Gasteiger charge is 2.41. The van der Waals surface area contributed by atoms with Crippen LogP contribution in [0.4, 0.5) is 5.69 Å². The molecule has 3 nitrogen and oxygen atoms in total. The van der Waals surface area contributed by atoms with Gasteiger partial charge in [0, 0.05) is 37.3 Å². The fraction of sp³-hybridized carbons (Fsp3) is 0.429. The topological polar surface area (TPSA) is 24.5 Å². The summed E-state index contributed by atoms with van der Waals surface area (Å²) in [4.78, 5) is 2.14. The number of rotatable bonds is 4. The van der Waals surface area contributed by atoms with Gasteiger partial charge < -0.3 is 15.0 Å². The molecule has 0 unspecified atom stereocenters. The lowest BCUT2D eigenvalue weighted by Gasteiger charge is -2.28. The van der Waals surface area contributed by atoms with Gasteiger partial charge >= 0.3 is 0 Å². The molecule has 1 saturated heterocycles. The predicted molar refractivity (Wildman–Crippen MR) is 116 cm³/mol. The van der Waals surface area contributed by atoms with Crippen LogP contribution in [0.3, 0.4) is 0 Å². The van der Waals surface area contributed by atoms with Gasteiger partial charge in [0.15, 0.2) is 0 Å². The van der Waals surface area contributed by atoms with Gasteiger partial charge in [-0.15, -0.1) is 24.8 Å². The third-order valence-corrected chi connectivity index (χ3v) is 5.22. The van der Waals surface area contributed by atoms with E-state index in [9.17, 15) is 0 Å². The van der Waals surface area contributed by atoms with Crippen LogP contribution in [-0.4, -0.2) is 26.7 Å². The number of nitrogens with zero attached hydrogens (tertiary/aromatic N) is 1. The van der Waals surface area contributed by atoms with E-state index in [0.717, 1.165) is 12.2 Å². The van der Waals surface area contributed by atoms with Gasteiger partial charge in [-0.2, -0.15) is 0 Å². The summed E-state index contributed by atoms with van der Waals surface area (Å²) in [6.07, 6.45) is 1.11. The van der Waals surface area contributed by atoms with Gasteiger partial charge in [0.25, 0.3) is 0 Å². The first-order valence-electron chi connectivity index (χ1n) is 8.59. The lowest BCUT2D eigenvalue weighted by atomic mass is 9.82. The molecule has 3 rings (SSSR count). The predicted octanol–water partition coefficient (Wildman–Crippen LogP) is 5.20. The number of hydrogen-bond donors (Lipinski definition) is 1. The molecule has 0 spiro atoms. The van der Waals surface area contributed by atoms with Gasteiger partial charge in [0.2, 0.25) is 0 Å². The number of anilines is 1. The Bertz CT molecular complexity index is 684. The van der Waals surface area contributed by atoms with E-state index in [2.05, 4.69) is 74.6 Å². The van der Waals surface area contributed by atoms with Gasteiger partial charge in [-0.25, -0.2) is 0 Å². The van der Waals surface area contributed by atoms with Crippen LogP contribution in [0, 0.1) is 0 Å². The Morgan fingerprint density at radius 2 is 1.46 bits per heavy atom. The van der Waals surface area contributed by atoms with E-state index >= 15 is 0 Å². The molecule has 1 fully saturated rings. The van der Waals surface area contributed by atoms with Crippen molar-refractivity contribution in [3.63, 3.8) is 0 Å². The molecule has 2 aromatic carbocycles. The van der Waals surface area contributed by atoms with E-state index in [4.69, 9.17) is 4.74 Å². The van der Waals surface area contributed by atoms with Crippen molar-refractivity contribution in [2.45, 2.75) is 37.8 Å². The SMILES string of the molecule is COc1ccc([C@H]2C[C@@H](c3ccc(N(C)C)cc3)C(C)(C)N2)cc1.Cl.Cl. The number of ether oxygens (including phenoxy) is 1. The molecular weight excluding hydrogens is 367 g/mol. The van der Waals surface area contributed by atoms with Crippen molar-refractivity contribution >= 4 is 30.5 Å². The summed E-state index contributed by atoms with van der Waals surface area (Å²) in [5.74, 6) is 1.41. The van der Waals surface area contributed by atoms with Crippen LogP contribution in [-0.2, 0) is 0 Å². The van der Waals surface area contributed by atoms with Gasteiger partial charge in [-0.1, -0.05) is 24.3 Å².